The Bertz CT molecular complexity index is 502. The van der Waals surface area contributed by atoms with Gasteiger partial charge in [0.15, 0.2) is 0 Å². The summed E-state index contributed by atoms with van der Waals surface area (Å²) in [5, 5.41) is 12.4. The zero-order chi connectivity index (χ0) is 13.7. The normalized spacial score (nSPS) is 12.8. The number of nitrogens with zero attached hydrogens (tertiary/aromatic N) is 2. The minimum atomic E-state index is -2.61. The number of alkyl halides is 2. The van der Waals surface area contributed by atoms with Crippen LogP contribution in [0.4, 0.5) is 8.78 Å². The molecule has 19 heavy (non-hydrogen) atoms. The first-order valence-corrected chi connectivity index (χ1v) is 5.91. The minimum absolute atomic E-state index is 0.112. The molecule has 2 aromatic rings. The predicted molar refractivity (Wildman–Crippen MR) is 66.6 cm³/mol. The number of aromatic nitrogens is 2. The smallest absolute Gasteiger partial charge is 0.319 e. The topological polar surface area (TPSA) is 50.1 Å². The lowest BCUT2D eigenvalue weighted by Crippen LogP contribution is -2.25. The van der Waals surface area contributed by atoms with Crippen LogP contribution < -0.4 is 5.32 Å². The summed E-state index contributed by atoms with van der Waals surface area (Å²) in [6.45, 7) is -2.56. The summed E-state index contributed by atoms with van der Waals surface area (Å²) in [6, 6.07) is 9.03. The molecule has 0 saturated carbocycles. The van der Waals surface area contributed by atoms with Crippen molar-refractivity contribution in [2.24, 2.45) is 0 Å². The Morgan fingerprint density at radius 1 is 1.26 bits per heavy atom. The summed E-state index contributed by atoms with van der Waals surface area (Å²) in [5.74, 6) is 0.240. The highest BCUT2D eigenvalue weighted by molar-refractivity contribution is 5.19. The van der Waals surface area contributed by atoms with Gasteiger partial charge in [0.05, 0.1) is 19.2 Å². The van der Waals surface area contributed by atoms with E-state index >= 15 is 0 Å². The average Bonchev–Trinajstić information content (AvgIpc) is 2.89. The molecule has 0 bridgehead atoms. The van der Waals surface area contributed by atoms with Gasteiger partial charge in [-0.05, 0) is 5.56 Å². The van der Waals surface area contributed by atoms with Crippen molar-refractivity contribution in [1.82, 2.24) is 14.9 Å². The molecule has 4 nitrogen and oxygen atoms in total. The zero-order valence-electron chi connectivity index (χ0n) is 10.2. The Balaban J connectivity index is 2.02. The van der Waals surface area contributed by atoms with E-state index in [1.165, 1.54) is 12.4 Å². The third-order valence-electron chi connectivity index (χ3n) is 2.85. The highest BCUT2D eigenvalue weighted by Crippen LogP contribution is 2.15. The largest absolute Gasteiger partial charge is 0.394 e. The second-order valence-corrected chi connectivity index (χ2v) is 4.06. The lowest BCUT2D eigenvalue weighted by Gasteiger charge is -2.17. The third kappa shape index (κ3) is 3.36. The minimum Gasteiger partial charge on any atom is -0.394 e. The van der Waals surface area contributed by atoms with E-state index in [0.717, 1.165) is 10.1 Å². The van der Waals surface area contributed by atoms with Gasteiger partial charge < -0.3 is 10.4 Å². The van der Waals surface area contributed by atoms with Crippen molar-refractivity contribution in [3.05, 3.63) is 54.1 Å². The maximum Gasteiger partial charge on any atom is 0.319 e. The van der Waals surface area contributed by atoms with Gasteiger partial charge in [0.25, 0.3) is 0 Å². The maximum absolute atomic E-state index is 12.6. The molecule has 0 amide bonds. The molecular formula is C13H15F2N3O. The van der Waals surface area contributed by atoms with Crippen molar-refractivity contribution >= 4 is 0 Å². The van der Waals surface area contributed by atoms with Crippen LogP contribution in [0, 0.1) is 0 Å². The Morgan fingerprint density at radius 3 is 2.63 bits per heavy atom. The van der Waals surface area contributed by atoms with Gasteiger partial charge in [-0.15, -0.1) is 0 Å². The summed E-state index contributed by atoms with van der Waals surface area (Å²) in [5.41, 5.74) is 0.903. The highest BCUT2D eigenvalue weighted by Gasteiger charge is 2.14. The van der Waals surface area contributed by atoms with Crippen LogP contribution in [0.3, 0.4) is 0 Å². The lowest BCUT2D eigenvalue weighted by molar-refractivity contribution is 0.0663. The third-order valence-corrected chi connectivity index (χ3v) is 2.85. The van der Waals surface area contributed by atoms with Gasteiger partial charge in [0, 0.05) is 12.4 Å². The van der Waals surface area contributed by atoms with E-state index in [1.807, 2.05) is 30.3 Å². The Hall–Kier alpha value is -1.79. The molecule has 1 unspecified atom stereocenters. The molecule has 0 aliphatic rings. The summed E-state index contributed by atoms with van der Waals surface area (Å²) in [4.78, 5) is 3.88. The number of hydrogen-bond acceptors (Lipinski definition) is 3. The molecule has 0 spiro atoms. The van der Waals surface area contributed by atoms with Crippen LogP contribution in [-0.4, -0.2) is 21.3 Å². The van der Waals surface area contributed by atoms with Gasteiger partial charge >= 0.3 is 6.55 Å². The van der Waals surface area contributed by atoms with Crippen LogP contribution >= 0.6 is 0 Å². The fourth-order valence-electron chi connectivity index (χ4n) is 1.85. The molecule has 1 atom stereocenters. The molecule has 0 radical (unpaired) electrons. The predicted octanol–water partition coefficient (Wildman–Crippen LogP) is 2.10. The Morgan fingerprint density at radius 2 is 2.00 bits per heavy atom. The first-order valence-electron chi connectivity index (χ1n) is 5.91. The number of nitrogens with one attached hydrogen (secondary N) is 1. The van der Waals surface area contributed by atoms with Gasteiger partial charge in [-0.25, -0.2) is 4.98 Å². The molecule has 0 saturated heterocycles. The van der Waals surface area contributed by atoms with E-state index in [1.54, 1.807) is 0 Å². The van der Waals surface area contributed by atoms with Crippen molar-refractivity contribution < 1.29 is 13.9 Å². The molecule has 2 N–H and O–H groups in total. The molecule has 1 aromatic heterocycles. The van der Waals surface area contributed by atoms with Crippen molar-refractivity contribution in [3.63, 3.8) is 0 Å². The van der Waals surface area contributed by atoms with E-state index in [9.17, 15) is 13.9 Å². The van der Waals surface area contributed by atoms with Gasteiger partial charge in [-0.2, -0.15) is 8.78 Å². The molecule has 102 valence electrons. The molecule has 1 aromatic carbocycles. The van der Waals surface area contributed by atoms with Gasteiger partial charge in [0.1, 0.15) is 5.82 Å². The number of halogens is 2. The van der Waals surface area contributed by atoms with Crippen LogP contribution in [-0.2, 0) is 6.54 Å². The van der Waals surface area contributed by atoms with E-state index in [2.05, 4.69) is 10.3 Å². The summed E-state index contributed by atoms with van der Waals surface area (Å²) in [7, 11) is 0. The van der Waals surface area contributed by atoms with Gasteiger partial charge in [-0.3, -0.25) is 4.57 Å². The van der Waals surface area contributed by atoms with E-state index in [-0.39, 0.29) is 25.0 Å². The Labute approximate surface area is 109 Å². The first kappa shape index (κ1) is 13.6. The van der Waals surface area contributed by atoms with Crippen LogP contribution in [0.2, 0.25) is 0 Å². The summed E-state index contributed by atoms with van der Waals surface area (Å²) in [6.07, 6.45) is 2.57. The fourth-order valence-corrected chi connectivity index (χ4v) is 1.85. The quantitative estimate of drug-likeness (QED) is 0.842. The second kappa shape index (κ2) is 6.40. The molecule has 6 heteroatoms. The van der Waals surface area contributed by atoms with E-state index < -0.39 is 6.55 Å². The summed E-state index contributed by atoms with van der Waals surface area (Å²) >= 11 is 0. The number of rotatable bonds is 6. The maximum atomic E-state index is 12.6. The molecular weight excluding hydrogens is 252 g/mol. The fraction of sp³-hybridized carbons (Fsp3) is 0.308. The van der Waals surface area contributed by atoms with Crippen molar-refractivity contribution in [1.29, 1.82) is 0 Å². The number of hydrogen-bond donors (Lipinski definition) is 2. The highest BCUT2D eigenvalue weighted by atomic mass is 19.3. The zero-order valence-corrected chi connectivity index (χ0v) is 10.2. The van der Waals surface area contributed by atoms with Crippen LogP contribution in [0.15, 0.2) is 42.7 Å². The SMILES string of the molecule is OCC(NCc1nccn1C(F)F)c1ccccc1. The first-order chi connectivity index (χ1) is 9.22. The van der Waals surface area contributed by atoms with Crippen molar-refractivity contribution in [2.45, 2.75) is 19.1 Å². The number of aliphatic hydroxyl groups excluding tert-OH is 1. The average molecular weight is 267 g/mol. The molecule has 0 aliphatic carbocycles. The van der Waals surface area contributed by atoms with E-state index in [0.29, 0.717) is 0 Å². The number of benzene rings is 1. The van der Waals surface area contributed by atoms with Crippen LogP contribution in [0.25, 0.3) is 0 Å². The Kier molecular flexibility index (Phi) is 4.59. The summed E-state index contributed by atoms with van der Waals surface area (Å²) < 4.78 is 26.1. The van der Waals surface area contributed by atoms with Crippen LogP contribution in [0.1, 0.15) is 24.0 Å². The monoisotopic (exact) mass is 267 g/mol. The number of aliphatic hydroxyl groups is 1. The van der Waals surface area contributed by atoms with Crippen LogP contribution in [0.5, 0.6) is 0 Å². The number of imidazole rings is 1. The molecule has 0 fully saturated rings. The van der Waals surface area contributed by atoms with Gasteiger partial charge in [-0.1, -0.05) is 30.3 Å². The standard InChI is InChI=1S/C13H15F2N3O/c14-13(15)18-7-6-16-12(18)8-17-11(9-19)10-4-2-1-3-5-10/h1-7,11,13,17,19H,8-9H2. The van der Waals surface area contributed by atoms with Crippen molar-refractivity contribution in [2.75, 3.05) is 6.61 Å². The van der Waals surface area contributed by atoms with E-state index in [4.69, 9.17) is 0 Å². The second-order valence-electron chi connectivity index (χ2n) is 4.06. The van der Waals surface area contributed by atoms with Crippen molar-refractivity contribution in [3.8, 4) is 0 Å². The van der Waals surface area contributed by atoms with Gasteiger partial charge in [0.2, 0.25) is 0 Å². The molecule has 1 heterocycles. The molecule has 2 rings (SSSR count). The lowest BCUT2D eigenvalue weighted by atomic mass is 10.1. The molecule has 0 aliphatic heterocycles.